The molecule has 2 bridgehead atoms. The van der Waals surface area contributed by atoms with Crippen LogP contribution in [0.15, 0.2) is 4.99 Å². The van der Waals surface area contributed by atoms with Gasteiger partial charge in [-0.05, 0) is 63.2 Å². The van der Waals surface area contributed by atoms with Crippen molar-refractivity contribution in [1.29, 1.82) is 0 Å². The van der Waals surface area contributed by atoms with Crippen molar-refractivity contribution in [2.24, 2.45) is 22.7 Å². The van der Waals surface area contributed by atoms with E-state index in [1.54, 1.807) is 11.8 Å². The molecule has 2 saturated carbocycles. The van der Waals surface area contributed by atoms with Crippen LogP contribution in [0.3, 0.4) is 0 Å². The van der Waals surface area contributed by atoms with Crippen LogP contribution in [0.5, 0.6) is 0 Å². The van der Waals surface area contributed by atoms with Crippen molar-refractivity contribution < 1.29 is 9.53 Å². The minimum absolute atomic E-state index is 0.158. The molecule has 1 unspecified atom stereocenters. The lowest BCUT2D eigenvalue weighted by Gasteiger charge is -2.28. The highest BCUT2D eigenvalue weighted by molar-refractivity contribution is 8.16. The van der Waals surface area contributed by atoms with E-state index in [0.717, 1.165) is 49.5 Å². The summed E-state index contributed by atoms with van der Waals surface area (Å²) < 4.78 is 5.10. The summed E-state index contributed by atoms with van der Waals surface area (Å²) in [6, 6.07) is 0.465. The topological polar surface area (TPSA) is 50.7 Å². The maximum absolute atomic E-state index is 12.5. The average Bonchev–Trinajstić information content (AvgIpc) is 3.16. The molecule has 2 aliphatic heterocycles. The number of carbonyl (C=O) groups excluding carboxylic acids is 1. The van der Waals surface area contributed by atoms with Crippen LogP contribution in [0.2, 0.25) is 0 Å². The average molecular weight is 322 g/mol. The highest BCUT2D eigenvalue weighted by Crippen LogP contribution is 2.47. The van der Waals surface area contributed by atoms with E-state index in [4.69, 9.17) is 9.73 Å². The predicted octanol–water partition coefficient (Wildman–Crippen LogP) is 2.97. The Morgan fingerprint density at radius 3 is 2.77 bits per heavy atom. The number of carbonyl (C=O) groups is 1. The summed E-state index contributed by atoms with van der Waals surface area (Å²) in [5.74, 6) is 2.44. The highest BCUT2D eigenvalue weighted by Gasteiger charge is 2.45. The van der Waals surface area contributed by atoms with Crippen LogP contribution in [0, 0.1) is 17.8 Å². The number of thioether (sulfide) groups is 1. The van der Waals surface area contributed by atoms with E-state index in [1.165, 1.54) is 25.7 Å². The highest BCUT2D eigenvalue weighted by atomic mass is 32.2. The first-order chi connectivity index (χ1) is 10.6. The Hall–Kier alpha value is -0.550. The molecule has 22 heavy (non-hydrogen) atoms. The van der Waals surface area contributed by atoms with Crippen LogP contribution < -0.4 is 5.32 Å². The van der Waals surface area contributed by atoms with Crippen LogP contribution in [0.25, 0.3) is 0 Å². The Morgan fingerprint density at radius 2 is 2.09 bits per heavy atom. The van der Waals surface area contributed by atoms with Gasteiger partial charge in [0, 0.05) is 13.2 Å². The molecule has 4 fully saturated rings. The van der Waals surface area contributed by atoms with Gasteiger partial charge in [0.05, 0.1) is 10.8 Å². The number of fused-ring (bicyclic) bond motifs is 2. The quantitative estimate of drug-likeness (QED) is 0.869. The first kappa shape index (κ1) is 15.0. The fourth-order valence-electron chi connectivity index (χ4n) is 4.73. The van der Waals surface area contributed by atoms with Gasteiger partial charge in [-0.25, -0.2) is 0 Å². The number of nitrogens with zero attached hydrogens (tertiary/aromatic N) is 1. The molecule has 1 N–H and O–H groups in total. The molecular formula is C17H26N2O2S. The van der Waals surface area contributed by atoms with Crippen LogP contribution in [-0.4, -0.2) is 35.1 Å². The molecule has 2 heterocycles. The molecule has 0 radical (unpaired) electrons. The molecule has 1 amide bonds. The number of amides is 1. The predicted molar refractivity (Wildman–Crippen MR) is 89.0 cm³/mol. The molecule has 4 aliphatic rings. The van der Waals surface area contributed by atoms with Crippen molar-refractivity contribution >= 4 is 22.8 Å². The number of rotatable bonds is 3. The number of hydrogen-bond acceptors (Lipinski definition) is 4. The lowest BCUT2D eigenvalue weighted by molar-refractivity contribution is -0.121. The lowest BCUT2D eigenvalue weighted by atomic mass is 9.89. The first-order valence-electron chi connectivity index (χ1n) is 8.78. The van der Waals surface area contributed by atoms with E-state index >= 15 is 0 Å². The Labute approximate surface area is 136 Å². The van der Waals surface area contributed by atoms with E-state index in [-0.39, 0.29) is 10.7 Å². The summed E-state index contributed by atoms with van der Waals surface area (Å²) in [7, 11) is 0. The lowest BCUT2D eigenvalue weighted by Crippen LogP contribution is -2.36. The summed E-state index contributed by atoms with van der Waals surface area (Å²) in [6.07, 6.45) is 8.45. The second-order valence-electron chi connectivity index (χ2n) is 7.72. The van der Waals surface area contributed by atoms with Gasteiger partial charge < -0.3 is 10.1 Å². The number of nitrogens with one attached hydrogen (secondary N) is 1. The normalized spacial score (nSPS) is 44.0. The molecule has 0 aromatic carbocycles. The zero-order chi connectivity index (χ0) is 15.2. The van der Waals surface area contributed by atoms with Gasteiger partial charge in [0.25, 0.3) is 0 Å². The van der Waals surface area contributed by atoms with Crippen LogP contribution in [0.4, 0.5) is 0 Å². The first-order valence-corrected chi connectivity index (χ1v) is 9.60. The molecule has 0 aromatic heterocycles. The zero-order valence-corrected chi connectivity index (χ0v) is 14.2. The third-order valence-corrected chi connectivity index (χ3v) is 7.23. The second-order valence-corrected chi connectivity index (χ2v) is 9.22. The standard InChI is InChI=1S/C17H26N2O2S/c1-17(10-11-4-6-21-7-5-11)15(20)19-16(22-17)18-14-9-12-2-3-13(14)8-12/h11-14H,2-10H2,1H3,(H,18,19,20)/t12-,13+,14?,17-/m1/s1. The SMILES string of the molecule is C[C@]1(CC2CCOCC2)SC(=NC2C[C@@H]3CC[C@H]2C3)NC1=O. The Kier molecular flexibility index (Phi) is 3.97. The largest absolute Gasteiger partial charge is 0.381 e. The van der Waals surface area contributed by atoms with Crippen LogP contribution in [0.1, 0.15) is 51.9 Å². The van der Waals surface area contributed by atoms with Crippen LogP contribution >= 0.6 is 11.8 Å². The third-order valence-electron chi connectivity index (χ3n) is 6.03. The van der Waals surface area contributed by atoms with Crippen molar-refractivity contribution in [3.05, 3.63) is 0 Å². The maximum atomic E-state index is 12.5. The summed E-state index contributed by atoms with van der Waals surface area (Å²) in [5.41, 5.74) is 0. The maximum Gasteiger partial charge on any atom is 0.242 e. The van der Waals surface area contributed by atoms with Gasteiger partial charge in [0.1, 0.15) is 0 Å². The molecule has 2 aliphatic carbocycles. The zero-order valence-electron chi connectivity index (χ0n) is 13.3. The smallest absolute Gasteiger partial charge is 0.242 e. The van der Waals surface area contributed by atoms with Crippen molar-refractivity contribution in [3.8, 4) is 0 Å². The van der Waals surface area contributed by atoms with Crippen molar-refractivity contribution in [2.45, 2.75) is 62.7 Å². The molecule has 4 nitrogen and oxygen atoms in total. The number of aliphatic imine (C=N–C) groups is 1. The minimum atomic E-state index is -0.335. The minimum Gasteiger partial charge on any atom is -0.381 e. The van der Waals surface area contributed by atoms with E-state index in [1.807, 2.05) is 0 Å². The molecular weight excluding hydrogens is 296 g/mol. The number of amidine groups is 1. The van der Waals surface area contributed by atoms with E-state index < -0.39 is 0 Å². The molecule has 4 atom stereocenters. The van der Waals surface area contributed by atoms with Crippen molar-refractivity contribution in [3.63, 3.8) is 0 Å². The van der Waals surface area contributed by atoms with Gasteiger partial charge in [-0.3, -0.25) is 9.79 Å². The van der Waals surface area contributed by atoms with Gasteiger partial charge in [-0.15, -0.1) is 0 Å². The Balaban J connectivity index is 1.41. The second kappa shape index (κ2) is 5.82. The molecule has 2 saturated heterocycles. The van der Waals surface area contributed by atoms with Gasteiger partial charge in [0.2, 0.25) is 5.91 Å². The van der Waals surface area contributed by atoms with E-state index in [9.17, 15) is 4.79 Å². The molecule has 5 heteroatoms. The molecule has 0 aromatic rings. The van der Waals surface area contributed by atoms with E-state index in [0.29, 0.717) is 12.0 Å². The summed E-state index contributed by atoms with van der Waals surface area (Å²) in [6.45, 7) is 3.78. The molecule has 0 spiro atoms. The number of ether oxygens (including phenoxy) is 1. The fraction of sp³-hybridized carbons (Fsp3) is 0.882. The summed E-state index contributed by atoms with van der Waals surface area (Å²) >= 11 is 1.68. The third kappa shape index (κ3) is 2.82. The molecule has 4 rings (SSSR count). The Bertz CT molecular complexity index is 489. The van der Waals surface area contributed by atoms with Crippen molar-refractivity contribution in [1.82, 2.24) is 5.32 Å². The van der Waals surface area contributed by atoms with Crippen LogP contribution in [-0.2, 0) is 9.53 Å². The fourth-order valence-corrected chi connectivity index (χ4v) is 5.95. The number of hydrogen-bond donors (Lipinski definition) is 1. The monoisotopic (exact) mass is 322 g/mol. The summed E-state index contributed by atoms with van der Waals surface area (Å²) in [4.78, 5) is 17.4. The molecule has 122 valence electrons. The van der Waals surface area contributed by atoms with E-state index in [2.05, 4.69) is 12.2 Å². The van der Waals surface area contributed by atoms with Gasteiger partial charge in [0.15, 0.2) is 5.17 Å². The van der Waals surface area contributed by atoms with Crippen molar-refractivity contribution in [2.75, 3.05) is 13.2 Å². The Morgan fingerprint density at radius 1 is 1.27 bits per heavy atom. The van der Waals surface area contributed by atoms with Gasteiger partial charge in [-0.1, -0.05) is 18.2 Å². The summed E-state index contributed by atoms with van der Waals surface area (Å²) in [5, 5.41) is 3.95. The van der Waals surface area contributed by atoms with Gasteiger partial charge in [-0.2, -0.15) is 0 Å². The van der Waals surface area contributed by atoms with Gasteiger partial charge >= 0.3 is 0 Å².